The van der Waals surface area contributed by atoms with Crippen molar-refractivity contribution in [3.63, 3.8) is 0 Å². The highest BCUT2D eigenvalue weighted by Gasteiger charge is 2.03. The molecule has 1 aromatic carbocycles. The Morgan fingerprint density at radius 1 is 1.35 bits per heavy atom. The maximum Gasteiger partial charge on any atom is 0.123 e. The second-order valence-corrected chi connectivity index (χ2v) is 3.95. The topological polar surface area (TPSA) is 49.9 Å². The molecule has 0 aliphatic carbocycles. The van der Waals surface area contributed by atoms with Gasteiger partial charge in [0.05, 0.1) is 13.7 Å². The first-order valence-electron chi connectivity index (χ1n) is 5.62. The molecule has 2 aromatic rings. The molecule has 0 fully saturated rings. The number of hydrogen-bond acceptors (Lipinski definition) is 3. The smallest absolute Gasteiger partial charge is 0.123 e. The van der Waals surface area contributed by atoms with Gasteiger partial charge in [-0.25, -0.2) is 4.98 Å². The molecule has 90 valence electrons. The Balaban J connectivity index is 1.96. The third-order valence-electron chi connectivity index (χ3n) is 2.60. The number of aromatic nitrogens is 2. The monoisotopic (exact) mass is 231 g/mol. The number of imidazole rings is 1. The van der Waals surface area contributed by atoms with Gasteiger partial charge in [0.1, 0.15) is 11.6 Å². The summed E-state index contributed by atoms with van der Waals surface area (Å²) in [5.41, 5.74) is 2.40. The Kier molecular flexibility index (Phi) is 3.77. The van der Waals surface area contributed by atoms with Crippen molar-refractivity contribution in [2.45, 2.75) is 20.0 Å². The van der Waals surface area contributed by atoms with Crippen molar-refractivity contribution < 1.29 is 4.74 Å². The van der Waals surface area contributed by atoms with Crippen molar-refractivity contribution in [1.29, 1.82) is 0 Å². The predicted octanol–water partition coefficient (Wildman–Crippen LogP) is 2.02. The number of methoxy groups -OCH3 is 1. The van der Waals surface area contributed by atoms with E-state index in [1.807, 2.05) is 12.3 Å². The maximum absolute atomic E-state index is 5.32. The number of rotatable bonds is 5. The molecule has 2 rings (SSSR count). The van der Waals surface area contributed by atoms with Crippen LogP contribution in [0, 0.1) is 6.92 Å². The molecule has 0 atom stereocenters. The molecule has 4 nitrogen and oxygen atoms in total. The standard InChI is InChI=1S/C13H17N3O/c1-10-3-4-12(17-2)11(7-10)8-14-9-13-15-5-6-16-13/h3-7,14H,8-9H2,1-2H3,(H,15,16). The zero-order valence-corrected chi connectivity index (χ0v) is 10.2. The summed E-state index contributed by atoms with van der Waals surface area (Å²) in [4.78, 5) is 7.22. The molecule has 0 amide bonds. The number of ether oxygens (including phenoxy) is 1. The summed E-state index contributed by atoms with van der Waals surface area (Å²) >= 11 is 0. The Bertz CT molecular complexity index is 466. The summed E-state index contributed by atoms with van der Waals surface area (Å²) in [6.45, 7) is 3.57. The van der Waals surface area contributed by atoms with Crippen molar-refractivity contribution in [3.05, 3.63) is 47.5 Å². The summed E-state index contributed by atoms with van der Waals surface area (Å²) in [5.74, 6) is 1.86. The average molecular weight is 231 g/mol. The van der Waals surface area contributed by atoms with Crippen LogP contribution in [0.5, 0.6) is 5.75 Å². The number of aromatic amines is 1. The van der Waals surface area contributed by atoms with Gasteiger partial charge in [0, 0.05) is 24.5 Å². The molecule has 1 aromatic heterocycles. The summed E-state index contributed by atoms with van der Waals surface area (Å²) in [6.07, 6.45) is 3.58. The molecular formula is C13H17N3O. The van der Waals surface area contributed by atoms with Gasteiger partial charge in [-0.05, 0) is 13.0 Å². The lowest BCUT2D eigenvalue weighted by Gasteiger charge is -2.10. The molecule has 0 radical (unpaired) electrons. The normalized spacial score (nSPS) is 10.5. The van der Waals surface area contributed by atoms with E-state index in [1.165, 1.54) is 11.1 Å². The first-order chi connectivity index (χ1) is 8.29. The molecule has 4 heteroatoms. The van der Waals surface area contributed by atoms with E-state index in [0.717, 1.165) is 24.7 Å². The summed E-state index contributed by atoms with van der Waals surface area (Å²) in [7, 11) is 1.70. The number of nitrogens with zero attached hydrogens (tertiary/aromatic N) is 1. The molecule has 0 unspecified atom stereocenters. The molecule has 0 spiro atoms. The second kappa shape index (κ2) is 5.50. The van der Waals surface area contributed by atoms with E-state index < -0.39 is 0 Å². The van der Waals surface area contributed by atoms with E-state index >= 15 is 0 Å². The van der Waals surface area contributed by atoms with Crippen LogP contribution in [0.15, 0.2) is 30.6 Å². The molecule has 0 saturated carbocycles. The van der Waals surface area contributed by atoms with Gasteiger partial charge in [-0.3, -0.25) is 0 Å². The van der Waals surface area contributed by atoms with E-state index in [2.05, 4.69) is 34.3 Å². The summed E-state index contributed by atoms with van der Waals surface area (Å²) in [6, 6.07) is 6.18. The Hall–Kier alpha value is -1.81. The SMILES string of the molecule is COc1ccc(C)cc1CNCc1ncc[nH]1. The van der Waals surface area contributed by atoms with Crippen LogP contribution in [-0.2, 0) is 13.1 Å². The number of hydrogen-bond donors (Lipinski definition) is 2. The van der Waals surface area contributed by atoms with Crippen molar-refractivity contribution in [3.8, 4) is 5.75 Å². The van der Waals surface area contributed by atoms with Gasteiger partial charge in [-0.2, -0.15) is 0 Å². The second-order valence-electron chi connectivity index (χ2n) is 3.95. The molecule has 0 aliphatic rings. The van der Waals surface area contributed by atoms with Crippen LogP contribution < -0.4 is 10.1 Å². The molecule has 0 saturated heterocycles. The summed E-state index contributed by atoms with van der Waals surface area (Å²) < 4.78 is 5.32. The van der Waals surface area contributed by atoms with Crippen molar-refractivity contribution in [2.24, 2.45) is 0 Å². The van der Waals surface area contributed by atoms with E-state index in [4.69, 9.17) is 4.74 Å². The zero-order valence-electron chi connectivity index (χ0n) is 10.2. The number of aryl methyl sites for hydroxylation is 1. The minimum absolute atomic E-state index is 0.726. The highest BCUT2D eigenvalue weighted by Crippen LogP contribution is 2.19. The molecule has 0 aliphatic heterocycles. The van der Waals surface area contributed by atoms with Crippen molar-refractivity contribution in [1.82, 2.24) is 15.3 Å². The van der Waals surface area contributed by atoms with E-state index in [-0.39, 0.29) is 0 Å². The largest absolute Gasteiger partial charge is 0.496 e. The van der Waals surface area contributed by atoms with E-state index in [1.54, 1.807) is 13.3 Å². The van der Waals surface area contributed by atoms with Crippen LogP contribution >= 0.6 is 0 Å². The highest BCUT2D eigenvalue weighted by molar-refractivity contribution is 5.36. The molecule has 17 heavy (non-hydrogen) atoms. The first kappa shape index (κ1) is 11.7. The lowest BCUT2D eigenvalue weighted by Crippen LogP contribution is -2.14. The Morgan fingerprint density at radius 3 is 2.94 bits per heavy atom. The maximum atomic E-state index is 5.32. The van der Waals surface area contributed by atoms with E-state index in [0.29, 0.717) is 0 Å². The van der Waals surface area contributed by atoms with Gasteiger partial charge in [0.25, 0.3) is 0 Å². The fourth-order valence-electron chi connectivity index (χ4n) is 1.76. The number of H-pyrrole nitrogens is 1. The third-order valence-corrected chi connectivity index (χ3v) is 2.60. The number of nitrogens with one attached hydrogen (secondary N) is 2. The fraction of sp³-hybridized carbons (Fsp3) is 0.308. The van der Waals surface area contributed by atoms with Crippen LogP contribution in [0.3, 0.4) is 0 Å². The number of benzene rings is 1. The minimum Gasteiger partial charge on any atom is -0.496 e. The lowest BCUT2D eigenvalue weighted by molar-refractivity contribution is 0.407. The van der Waals surface area contributed by atoms with E-state index in [9.17, 15) is 0 Å². The van der Waals surface area contributed by atoms with Crippen molar-refractivity contribution in [2.75, 3.05) is 7.11 Å². The average Bonchev–Trinajstić information content (AvgIpc) is 2.82. The quantitative estimate of drug-likeness (QED) is 0.827. The third kappa shape index (κ3) is 3.07. The van der Waals surface area contributed by atoms with Gasteiger partial charge in [-0.15, -0.1) is 0 Å². The predicted molar refractivity (Wildman–Crippen MR) is 66.9 cm³/mol. The lowest BCUT2D eigenvalue weighted by atomic mass is 10.1. The fourth-order valence-corrected chi connectivity index (χ4v) is 1.76. The van der Waals surface area contributed by atoms with Crippen LogP contribution in [0.25, 0.3) is 0 Å². The molecule has 2 N–H and O–H groups in total. The van der Waals surface area contributed by atoms with Crippen molar-refractivity contribution >= 4 is 0 Å². The van der Waals surface area contributed by atoms with Crippen LogP contribution in [0.1, 0.15) is 17.0 Å². The van der Waals surface area contributed by atoms with Gasteiger partial charge < -0.3 is 15.0 Å². The molecular weight excluding hydrogens is 214 g/mol. The Labute approximate surface area is 101 Å². The first-order valence-corrected chi connectivity index (χ1v) is 5.62. The van der Waals surface area contributed by atoms with Gasteiger partial charge in [0.15, 0.2) is 0 Å². The van der Waals surface area contributed by atoms with Crippen LogP contribution in [-0.4, -0.2) is 17.1 Å². The highest BCUT2D eigenvalue weighted by atomic mass is 16.5. The molecule has 1 heterocycles. The minimum atomic E-state index is 0.726. The van der Waals surface area contributed by atoms with Gasteiger partial charge >= 0.3 is 0 Å². The van der Waals surface area contributed by atoms with Gasteiger partial charge in [0.2, 0.25) is 0 Å². The zero-order chi connectivity index (χ0) is 12.1. The molecule has 0 bridgehead atoms. The Morgan fingerprint density at radius 2 is 2.24 bits per heavy atom. The van der Waals surface area contributed by atoms with Crippen LogP contribution in [0.4, 0.5) is 0 Å². The van der Waals surface area contributed by atoms with Crippen LogP contribution in [0.2, 0.25) is 0 Å². The van der Waals surface area contributed by atoms with Gasteiger partial charge in [-0.1, -0.05) is 17.7 Å². The summed E-state index contributed by atoms with van der Waals surface area (Å²) in [5, 5.41) is 3.33.